The summed E-state index contributed by atoms with van der Waals surface area (Å²) in [4.78, 5) is 5.45. The molecular weight excluding hydrogens is 420 g/mol. The van der Waals surface area contributed by atoms with E-state index in [4.69, 9.17) is 22.9 Å². The minimum absolute atomic E-state index is 0.0487. The number of nitrogens with two attached hydrogens (primary N) is 4. The van der Waals surface area contributed by atoms with Crippen molar-refractivity contribution in [1.29, 1.82) is 0 Å². The van der Waals surface area contributed by atoms with E-state index in [9.17, 15) is 0 Å². The zero-order chi connectivity index (χ0) is 26.4. The van der Waals surface area contributed by atoms with Gasteiger partial charge in [0.2, 0.25) is 0 Å². The van der Waals surface area contributed by atoms with Crippen LogP contribution in [0.3, 0.4) is 0 Å². The van der Waals surface area contributed by atoms with E-state index >= 15 is 0 Å². The molecule has 0 amide bonds. The van der Waals surface area contributed by atoms with Crippen molar-refractivity contribution in [3.8, 4) is 0 Å². The van der Waals surface area contributed by atoms with Gasteiger partial charge in [0.25, 0.3) is 0 Å². The third-order valence-electron chi connectivity index (χ3n) is 8.55. The van der Waals surface area contributed by atoms with Gasteiger partial charge >= 0.3 is 0 Å². The first kappa shape index (κ1) is 33.8. The summed E-state index contributed by atoms with van der Waals surface area (Å²) in [6.45, 7) is 27.9. The van der Waals surface area contributed by atoms with Crippen LogP contribution < -0.4 is 22.9 Å². The maximum absolute atomic E-state index is 6.04. The molecule has 0 heterocycles. The maximum Gasteiger partial charge on any atom is 0.0316 e. The normalized spacial score (nSPS) is 13.6. The van der Waals surface area contributed by atoms with E-state index in [1.54, 1.807) is 0 Å². The van der Waals surface area contributed by atoms with Gasteiger partial charge in [-0.05, 0) is 120 Å². The van der Waals surface area contributed by atoms with Crippen LogP contribution in [0, 0.1) is 29.1 Å². The Morgan fingerprint density at radius 2 is 0.853 bits per heavy atom. The summed E-state index contributed by atoms with van der Waals surface area (Å²) >= 11 is 0. The van der Waals surface area contributed by atoms with E-state index < -0.39 is 0 Å². The van der Waals surface area contributed by atoms with E-state index in [2.05, 4.69) is 65.2 Å². The molecule has 0 unspecified atom stereocenters. The Bertz CT molecular complexity index is 459. The Morgan fingerprint density at radius 3 is 1.15 bits per heavy atom. The van der Waals surface area contributed by atoms with Crippen molar-refractivity contribution in [3.05, 3.63) is 0 Å². The van der Waals surface area contributed by atoms with Crippen molar-refractivity contribution < 1.29 is 0 Å². The molecule has 0 aliphatic heterocycles. The number of hydrogen-bond acceptors (Lipinski definition) is 6. The minimum Gasteiger partial charge on any atom is -0.330 e. The molecule has 0 fully saturated rings. The van der Waals surface area contributed by atoms with Crippen LogP contribution in [0.25, 0.3) is 0 Å². The number of nitrogens with zero attached hydrogens (tertiary/aromatic N) is 2. The molecule has 0 rings (SSSR count). The molecular formula is C28H64N6. The third kappa shape index (κ3) is 8.14. The Kier molecular flexibility index (Phi) is 17.1. The van der Waals surface area contributed by atoms with Crippen molar-refractivity contribution in [2.24, 2.45) is 52.0 Å². The van der Waals surface area contributed by atoms with Crippen LogP contribution in [0.4, 0.5) is 0 Å². The van der Waals surface area contributed by atoms with Crippen LogP contribution in [0.5, 0.6) is 0 Å². The average molecular weight is 485 g/mol. The molecule has 0 atom stereocenters. The summed E-state index contributed by atoms with van der Waals surface area (Å²) in [6.07, 6.45) is 5.31. The number of rotatable bonds is 21. The second-order valence-corrected chi connectivity index (χ2v) is 11.6. The highest BCUT2D eigenvalue weighted by molar-refractivity contribution is 5.12. The first-order valence-electron chi connectivity index (χ1n) is 14.3. The van der Waals surface area contributed by atoms with E-state index in [1.807, 2.05) is 0 Å². The molecule has 0 radical (unpaired) electrons. The van der Waals surface area contributed by atoms with Crippen LogP contribution in [0.2, 0.25) is 0 Å². The predicted octanol–water partition coefficient (Wildman–Crippen LogP) is 3.72. The van der Waals surface area contributed by atoms with Gasteiger partial charge in [0.15, 0.2) is 0 Å². The van der Waals surface area contributed by atoms with Crippen LogP contribution in [0.15, 0.2) is 0 Å². The monoisotopic (exact) mass is 485 g/mol. The van der Waals surface area contributed by atoms with Gasteiger partial charge in [-0.3, -0.25) is 4.90 Å². The fourth-order valence-corrected chi connectivity index (χ4v) is 7.49. The molecule has 8 N–H and O–H groups in total. The van der Waals surface area contributed by atoms with Crippen molar-refractivity contribution in [1.82, 2.24) is 9.80 Å². The standard InChI is InChI=1S/C28H64N6/c1-23(2)27(24(3)4,13-22-33(18-9-14-29)19-10-15-30)28(25(5)6,26(7)8)34(20-11-16-31)21-12-17-32/h23-26H,9-22,29-32H2,1-8H3. The lowest BCUT2D eigenvalue weighted by atomic mass is 9.48. The van der Waals surface area contributed by atoms with Crippen LogP contribution in [0.1, 0.15) is 87.5 Å². The van der Waals surface area contributed by atoms with Gasteiger partial charge in [0, 0.05) is 5.54 Å². The molecule has 0 aliphatic carbocycles. The molecule has 0 aromatic heterocycles. The highest BCUT2D eigenvalue weighted by atomic mass is 15.2. The van der Waals surface area contributed by atoms with Crippen LogP contribution >= 0.6 is 0 Å². The molecule has 0 bridgehead atoms. The Labute approximate surface area is 213 Å². The van der Waals surface area contributed by atoms with Gasteiger partial charge in [-0.25, -0.2) is 0 Å². The molecule has 6 heteroatoms. The SMILES string of the molecule is CC(C)C(CCN(CCCN)CCCN)(C(C)C)C(C(C)C)(C(C)C)N(CCCN)CCCN. The Hall–Kier alpha value is -0.240. The second kappa shape index (κ2) is 17.3. The van der Waals surface area contributed by atoms with E-state index in [-0.39, 0.29) is 11.0 Å². The zero-order valence-electron chi connectivity index (χ0n) is 24.4. The second-order valence-electron chi connectivity index (χ2n) is 11.6. The lowest BCUT2D eigenvalue weighted by molar-refractivity contribution is -0.156. The maximum atomic E-state index is 6.04. The Morgan fingerprint density at radius 1 is 0.500 bits per heavy atom. The number of hydrogen-bond donors (Lipinski definition) is 4. The predicted molar refractivity (Wildman–Crippen MR) is 152 cm³/mol. The fourth-order valence-electron chi connectivity index (χ4n) is 7.49. The van der Waals surface area contributed by atoms with Gasteiger partial charge in [-0.1, -0.05) is 55.4 Å². The molecule has 6 nitrogen and oxygen atoms in total. The molecule has 0 aromatic carbocycles. The summed E-state index contributed by atoms with van der Waals surface area (Å²) in [6, 6.07) is 0. The molecule has 206 valence electrons. The van der Waals surface area contributed by atoms with Gasteiger partial charge in [0.05, 0.1) is 0 Å². The molecule has 0 spiro atoms. The average Bonchev–Trinajstić information content (AvgIpc) is 2.77. The summed E-state index contributed by atoms with van der Waals surface area (Å²) in [5.74, 6) is 2.10. The van der Waals surface area contributed by atoms with E-state index in [1.165, 1.54) is 6.42 Å². The molecule has 0 saturated heterocycles. The quantitative estimate of drug-likeness (QED) is 0.198. The highest BCUT2D eigenvalue weighted by Gasteiger charge is 2.60. The lowest BCUT2D eigenvalue weighted by Crippen LogP contribution is -2.70. The molecule has 0 aromatic rings. The van der Waals surface area contributed by atoms with Crippen molar-refractivity contribution in [2.75, 3.05) is 58.9 Å². The van der Waals surface area contributed by atoms with Crippen molar-refractivity contribution >= 4 is 0 Å². The molecule has 0 aliphatic rings. The van der Waals surface area contributed by atoms with Gasteiger partial charge < -0.3 is 27.8 Å². The zero-order valence-corrected chi connectivity index (χ0v) is 24.4. The lowest BCUT2D eigenvalue weighted by Gasteiger charge is -2.65. The van der Waals surface area contributed by atoms with Crippen molar-refractivity contribution in [2.45, 2.75) is 93.0 Å². The molecule has 0 saturated carbocycles. The minimum atomic E-state index is 0.0487. The summed E-state index contributed by atoms with van der Waals surface area (Å²) in [5.41, 5.74) is 24.0. The van der Waals surface area contributed by atoms with Crippen molar-refractivity contribution in [3.63, 3.8) is 0 Å². The summed E-state index contributed by atoms with van der Waals surface area (Å²) in [7, 11) is 0. The smallest absolute Gasteiger partial charge is 0.0316 e. The first-order chi connectivity index (χ1) is 16.0. The van der Waals surface area contributed by atoms with Crippen LogP contribution in [-0.4, -0.2) is 74.2 Å². The Balaban J connectivity index is 6.69. The summed E-state index contributed by atoms with van der Waals surface area (Å²) < 4.78 is 0. The highest BCUT2D eigenvalue weighted by Crippen LogP contribution is 2.57. The molecule has 34 heavy (non-hydrogen) atoms. The van der Waals surface area contributed by atoms with E-state index in [0.717, 1.165) is 84.6 Å². The largest absolute Gasteiger partial charge is 0.330 e. The topological polar surface area (TPSA) is 111 Å². The van der Waals surface area contributed by atoms with Gasteiger partial charge in [-0.2, -0.15) is 0 Å². The van der Waals surface area contributed by atoms with Gasteiger partial charge in [-0.15, -0.1) is 0 Å². The summed E-state index contributed by atoms with van der Waals surface area (Å²) in [5, 5.41) is 0. The fraction of sp³-hybridized carbons (Fsp3) is 1.00. The first-order valence-corrected chi connectivity index (χ1v) is 14.3. The van der Waals surface area contributed by atoms with E-state index in [0.29, 0.717) is 23.7 Å². The van der Waals surface area contributed by atoms with Crippen LogP contribution in [-0.2, 0) is 0 Å². The third-order valence-corrected chi connectivity index (χ3v) is 8.55. The van der Waals surface area contributed by atoms with Gasteiger partial charge in [0.1, 0.15) is 0 Å².